The zero-order chi connectivity index (χ0) is 25.7. The highest BCUT2D eigenvalue weighted by atomic mass is 35.5. The van der Waals surface area contributed by atoms with Crippen molar-refractivity contribution in [3.63, 3.8) is 0 Å². The second-order valence-electron chi connectivity index (χ2n) is 8.36. The number of thiazole rings is 1. The number of halogens is 1. The monoisotopic (exact) mass is 547 g/mol. The van der Waals surface area contributed by atoms with Crippen LogP contribution in [0.15, 0.2) is 30.3 Å². The van der Waals surface area contributed by atoms with Crippen molar-refractivity contribution in [3.05, 3.63) is 52.0 Å². The largest absolute Gasteiger partial charge is 0.478 e. The first kappa shape index (κ1) is 28.1. The van der Waals surface area contributed by atoms with Crippen LogP contribution < -0.4 is 15.5 Å². The predicted octanol–water partition coefficient (Wildman–Crippen LogP) is 3.65. The number of esters is 1. The molecule has 13 heteroatoms. The fourth-order valence-electron chi connectivity index (χ4n) is 3.67. The van der Waals surface area contributed by atoms with Gasteiger partial charge in [0.1, 0.15) is 16.5 Å². The number of hydrogen-bond acceptors (Lipinski definition) is 11. The summed E-state index contributed by atoms with van der Waals surface area (Å²) in [7, 11) is 2.10. The normalized spacial score (nSPS) is 13.5. The summed E-state index contributed by atoms with van der Waals surface area (Å²) in [6.45, 7) is 7.82. The lowest BCUT2D eigenvalue weighted by Gasteiger charge is -2.33. The van der Waals surface area contributed by atoms with E-state index >= 15 is 0 Å². The van der Waals surface area contributed by atoms with E-state index < -0.39 is 11.9 Å². The van der Waals surface area contributed by atoms with E-state index in [9.17, 15) is 9.59 Å². The van der Waals surface area contributed by atoms with Gasteiger partial charge < -0.3 is 25.0 Å². The van der Waals surface area contributed by atoms with Gasteiger partial charge in [-0.25, -0.2) is 14.6 Å². The summed E-state index contributed by atoms with van der Waals surface area (Å²) in [5, 5.41) is 16.1. The molecular formula is C24H30ClN7O4S. The van der Waals surface area contributed by atoms with Crippen molar-refractivity contribution in [1.82, 2.24) is 19.9 Å². The highest BCUT2D eigenvalue weighted by Crippen LogP contribution is 2.27. The molecule has 4 rings (SSSR count). The van der Waals surface area contributed by atoms with E-state index in [0.717, 1.165) is 37.6 Å². The Labute approximate surface area is 225 Å². The maximum atomic E-state index is 12.2. The molecule has 0 amide bonds. The zero-order valence-corrected chi connectivity index (χ0v) is 22.5. The summed E-state index contributed by atoms with van der Waals surface area (Å²) in [6, 6.07) is 8.60. The van der Waals surface area contributed by atoms with Crippen molar-refractivity contribution in [3.8, 4) is 0 Å². The molecule has 2 aromatic heterocycles. The number of ether oxygens (including phenoxy) is 1. The third-order valence-corrected chi connectivity index (χ3v) is 6.74. The second kappa shape index (κ2) is 12.7. The van der Waals surface area contributed by atoms with Crippen LogP contribution in [0.25, 0.3) is 0 Å². The number of nitrogens with one attached hydrogen (secondary N) is 2. The van der Waals surface area contributed by atoms with E-state index in [0.29, 0.717) is 40.6 Å². The first-order valence-electron chi connectivity index (χ1n) is 11.6. The SMILES string of the molecule is CCOC(=O)c1sc(Nc2nc(NCc3ccc(C(=O)O)cc3)cc(N3CCN(C)CC3)n2)nc1C.Cl. The third kappa shape index (κ3) is 7.28. The maximum absolute atomic E-state index is 12.2. The molecule has 0 bridgehead atoms. The molecule has 3 heterocycles. The number of benzene rings is 1. The van der Waals surface area contributed by atoms with Crippen LogP contribution in [0.3, 0.4) is 0 Å². The molecule has 1 aliphatic heterocycles. The molecule has 0 radical (unpaired) electrons. The Morgan fingerprint density at radius 2 is 1.81 bits per heavy atom. The minimum atomic E-state index is -0.957. The lowest BCUT2D eigenvalue weighted by atomic mass is 10.1. The number of aromatic carboxylic acids is 1. The van der Waals surface area contributed by atoms with E-state index in [1.54, 1.807) is 38.1 Å². The molecule has 0 unspecified atom stereocenters. The van der Waals surface area contributed by atoms with Crippen molar-refractivity contribution >= 4 is 58.4 Å². The van der Waals surface area contributed by atoms with E-state index in [1.807, 2.05) is 6.07 Å². The smallest absolute Gasteiger partial charge is 0.350 e. The number of nitrogens with zero attached hydrogens (tertiary/aromatic N) is 5. The highest BCUT2D eigenvalue weighted by molar-refractivity contribution is 7.17. The highest BCUT2D eigenvalue weighted by Gasteiger charge is 2.20. The number of anilines is 4. The topological polar surface area (TPSA) is 133 Å². The van der Waals surface area contributed by atoms with E-state index in [4.69, 9.17) is 14.8 Å². The minimum Gasteiger partial charge on any atom is -0.478 e. The molecular weight excluding hydrogens is 518 g/mol. The van der Waals surface area contributed by atoms with Crippen molar-refractivity contribution in [2.75, 3.05) is 55.4 Å². The summed E-state index contributed by atoms with van der Waals surface area (Å²) in [5.74, 6) is 0.399. The van der Waals surface area contributed by atoms with Gasteiger partial charge in [0.2, 0.25) is 5.95 Å². The van der Waals surface area contributed by atoms with Crippen LogP contribution in [0.5, 0.6) is 0 Å². The Balaban J connectivity index is 0.00000380. The summed E-state index contributed by atoms with van der Waals surface area (Å²) < 4.78 is 5.11. The number of aryl methyl sites for hydroxylation is 1. The Morgan fingerprint density at radius 3 is 2.46 bits per heavy atom. The van der Waals surface area contributed by atoms with Gasteiger partial charge in [0, 0.05) is 38.8 Å². The van der Waals surface area contributed by atoms with Crippen LogP contribution in [-0.2, 0) is 11.3 Å². The number of piperazine rings is 1. The van der Waals surface area contributed by atoms with E-state index in [2.05, 4.69) is 37.4 Å². The molecule has 37 heavy (non-hydrogen) atoms. The second-order valence-corrected chi connectivity index (χ2v) is 9.36. The van der Waals surface area contributed by atoms with Gasteiger partial charge in [0.15, 0.2) is 5.13 Å². The molecule has 1 fully saturated rings. The van der Waals surface area contributed by atoms with Gasteiger partial charge in [0.25, 0.3) is 0 Å². The molecule has 11 nitrogen and oxygen atoms in total. The fraction of sp³-hybridized carbons (Fsp3) is 0.375. The molecule has 1 aliphatic rings. The molecule has 3 N–H and O–H groups in total. The first-order valence-corrected chi connectivity index (χ1v) is 12.4. The average molecular weight is 548 g/mol. The fourth-order valence-corrected chi connectivity index (χ4v) is 4.52. The lowest BCUT2D eigenvalue weighted by Crippen LogP contribution is -2.44. The number of carbonyl (C=O) groups is 2. The molecule has 0 aliphatic carbocycles. The van der Waals surface area contributed by atoms with Crippen LogP contribution in [-0.4, -0.2) is 76.7 Å². The summed E-state index contributed by atoms with van der Waals surface area (Å²) in [5.41, 5.74) is 1.74. The number of likely N-dealkylation sites (N-methyl/N-ethyl adjacent to an activating group) is 1. The van der Waals surface area contributed by atoms with Crippen LogP contribution in [0.4, 0.5) is 22.7 Å². The number of carboxylic acids is 1. The molecule has 0 saturated carbocycles. The van der Waals surface area contributed by atoms with Gasteiger partial charge in [-0.2, -0.15) is 9.97 Å². The predicted molar refractivity (Wildman–Crippen MR) is 146 cm³/mol. The van der Waals surface area contributed by atoms with Gasteiger partial charge in [-0.15, -0.1) is 12.4 Å². The van der Waals surface area contributed by atoms with Gasteiger partial charge >= 0.3 is 11.9 Å². The number of carbonyl (C=O) groups excluding carboxylic acids is 1. The Hall–Kier alpha value is -3.48. The van der Waals surface area contributed by atoms with Crippen LogP contribution in [0, 0.1) is 6.92 Å². The van der Waals surface area contributed by atoms with Gasteiger partial charge in [-0.3, -0.25) is 5.32 Å². The Bertz CT molecular complexity index is 1230. The number of aromatic nitrogens is 3. The summed E-state index contributed by atoms with van der Waals surface area (Å²) in [4.78, 5) is 42.0. The summed E-state index contributed by atoms with van der Waals surface area (Å²) in [6.07, 6.45) is 0. The van der Waals surface area contributed by atoms with Gasteiger partial charge in [-0.1, -0.05) is 23.5 Å². The van der Waals surface area contributed by atoms with E-state index in [1.165, 1.54) is 11.3 Å². The van der Waals surface area contributed by atoms with Crippen molar-refractivity contribution in [2.45, 2.75) is 20.4 Å². The van der Waals surface area contributed by atoms with Crippen molar-refractivity contribution < 1.29 is 19.4 Å². The minimum absolute atomic E-state index is 0. The maximum Gasteiger partial charge on any atom is 0.350 e. The molecule has 198 valence electrons. The van der Waals surface area contributed by atoms with Gasteiger partial charge in [-0.05, 0) is 38.6 Å². The third-order valence-electron chi connectivity index (χ3n) is 5.69. The van der Waals surface area contributed by atoms with Gasteiger partial charge in [0.05, 0.1) is 17.9 Å². The first-order chi connectivity index (χ1) is 17.3. The zero-order valence-electron chi connectivity index (χ0n) is 20.9. The average Bonchev–Trinajstić information content (AvgIpc) is 3.23. The Morgan fingerprint density at radius 1 is 1.11 bits per heavy atom. The number of rotatable bonds is 9. The number of carboxylic acid groups (broad SMARTS) is 1. The van der Waals surface area contributed by atoms with Crippen molar-refractivity contribution in [1.29, 1.82) is 0 Å². The lowest BCUT2D eigenvalue weighted by molar-refractivity contribution is 0.0530. The van der Waals surface area contributed by atoms with Crippen molar-refractivity contribution in [2.24, 2.45) is 0 Å². The quantitative estimate of drug-likeness (QED) is 0.339. The van der Waals surface area contributed by atoms with Crippen LogP contribution in [0.2, 0.25) is 0 Å². The molecule has 1 aromatic carbocycles. The molecule has 1 saturated heterocycles. The molecule has 0 atom stereocenters. The Kier molecular flexibility index (Phi) is 9.61. The molecule has 3 aromatic rings. The number of hydrogen-bond donors (Lipinski definition) is 3. The standard InChI is InChI=1S/C24H29N7O4S.ClH/c1-4-35-22(34)20-15(2)26-24(36-20)29-23-27-18(13-19(28-23)31-11-9-30(3)10-12-31)25-14-16-5-7-17(8-6-16)21(32)33;/h5-8,13H,4,9-12,14H2,1-3H3,(H,32,33)(H2,25,26,27,28,29);1H. The van der Waals surface area contributed by atoms with Crippen LogP contribution in [0.1, 0.15) is 38.2 Å². The van der Waals surface area contributed by atoms with E-state index in [-0.39, 0.29) is 18.0 Å². The molecule has 0 spiro atoms. The summed E-state index contributed by atoms with van der Waals surface area (Å²) >= 11 is 1.20. The van der Waals surface area contributed by atoms with Crippen LogP contribution >= 0.6 is 23.7 Å².